The molecule has 0 aliphatic carbocycles. The molecule has 2 nitrogen and oxygen atoms in total. The summed E-state index contributed by atoms with van der Waals surface area (Å²) in [6.45, 7) is 0. The summed E-state index contributed by atoms with van der Waals surface area (Å²) in [6, 6.07) is 10.5. The Morgan fingerprint density at radius 1 is 1.21 bits per heavy atom. The second-order valence-electron chi connectivity index (χ2n) is 3.81. The van der Waals surface area contributed by atoms with Crippen molar-refractivity contribution in [2.75, 3.05) is 7.11 Å². The van der Waals surface area contributed by atoms with Gasteiger partial charge in [0.05, 0.1) is 16.6 Å². The summed E-state index contributed by atoms with van der Waals surface area (Å²) in [5.74, 6) is 0.624. The lowest BCUT2D eigenvalue weighted by atomic mass is 10.0. The summed E-state index contributed by atoms with van der Waals surface area (Å²) < 4.78 is 6.81. The van der Waals surface area contributed by atoms with Crippen molar-refractivity contribution in [1.29, 1.82) is 0 Å². The molecule has 0 aromatic heterocycles. The predicted molar refractivity (Wildman–Crippen MR) is 88.3 cm³/mol. The number of hydrogen-bond donors (Lipinski definition) is 0. The molecule has 0 heterocycles. The zero-order valence-electron chi connectivity index (χ0n) is 9.91. The van der Waals surface area contributed by atoms with Crippen LogP contribution >= 0.6 is 50.1 Å². The molecule has 0 saturated carbocycles. The normalized spacial score (nSPS) is 10.3. The number of hydrogen-bond acceptors (Lipinski definition) is 2. The Morgan fingerprint density at radius 3 is 2.42 bits per heavy atom. The highest BCUT2D eigenvalue weighted by molar-refractivity contribution is 14.1. The van der Waals surface area contributed by atoms with Crippen molar-refractivity contribution in [3.8, 4) is 5.75 Å². The molecular formula is C14H9BrClIO2. The first kappa shape index (κ1) is 14.8. The van der Waals surface area contributed by atoms with E-state index in [2.05, 4.69) is 38.5 Å². The average molecular weight is 451 g/mol. The molecule has 0 radical (unpaired) electrons. The molecule has 2 aromatic rings. The van der Waals surface area contributed by atoms with E-state index in [1.165, 1.54) is 0 Å². The molecule has 98 valence electrons. The SMILES string of the molecule is COc1ccc(C(=O)c2ccc(I)c(Cl)c2)cc1Br. The number of ketones is 1. The van der Waals surface area contributed by atoms with Gasteiger partial charge in [-0.2, -0.15) is 0 Å². The number of carbonyl (C=O) groups is 1. The standard InChI is InChI=1S/C14H9BrClIO2/c1-19-13-5-3-8(6-10(13)15)14(18)9-2-4-12(17)11(16)7-9/h2-7H,1H3. The molecule has 2 rings (SSSR count). The van der Waals surface area contributed by atoms with Gasteiger partial charge in [0.2, 0.25) is 0 Å². The van der Waals surface area contributed by atoms with E-state index in [1.54, 1.807) is 37.4 Å². The molecule has 0 fully saturated rings. The van der Waals surface area contributed by atoms with Gasteiger partial charge < -0.3 is 4.74 Å². The smallest absolute Gasteiger partial charge is 0.193 e. The molecule has 0 atom stereocenters. The average Bonchev–Trinajstić information content (AvgIpc) is 2.41. The maximum atomic E-state index is 12.3. The number of ether oxygens (including phenoxy) is 1. The van der Waals surface area contributed by atoms with Crippen LogP contribution in [0, 0.1) is 3.57 Å². The fraction of sp³-hybridized carbons (Fsp3) is 0.0714. The van der Waals surface area contributed by atoms with Crippen molar-refractivity contribution in [3.05, 3.63) is 60.6 Å². The van der Waals surface area contributed by atoms with Gasteiger partial charge >= 0.3 is 0 Å². The molecule has 0 amide bonds. The summed E-state index contributed by atoms with van der Waals surface area (Å²) in [6.07, 6.45) is 0. The number of halogens is 3. The first-order chi connectivity index (χ1) is 9.02. The molecule has 2 aromatic carbocycles. The molecule has 19 heavy (non-hydrogen) atoms. The number of methoxy groups -OCH3 is 1. The summed E-state index contributed by atoms with van der Waals surface area (Å²) in [5.41, 5.74) is 1.16. The number of rotatable bonds is 3. The van der Waals surface area contributed by atoms with Gasteiger partial charge in [0.25, 0.3) is 0 Å². The summed E-state index contributed by atoms with van der Waals surface area (Å²) in [5, 5.41) is 0.582. The van der Waals surface area contributed by atoms with Gasteiger partial charge in [-0.1, -0.05) is 11.6 Å². The van der Waals surface area contributed by atoms with Crippen molar-refractivity contribution < 1.29 is 9.53 Å². The van der Waals surface area contributed by atoms with Gasteiger partial charge in [-0.3, -0.25) is 4.79 Å². The topological polar surface area (TPSA) is 26.3 Å². The first-order valence-corrected chi connectivity index (χ1v) is 7.61. The van der Waals surface area contributed by atoms with Crippen molar-refractivity contribution in [1.82, 2.24) is 0 Å². The van der Waals surface area contributed by atoms with Crippen LogP contribution in [0.4, 0.5) is 0 Å². The Morgan fingerprint density at radius 2 is 1.84 bits per heavy atom. The molecule has 0 N–H and O–H groups in total. The van der Waals surface area contributed by atoms with Crippen molar-refractivity contribution in [3.63, 3.8) is 0 Å². The minimum absolute atomic E-state index is 0.0679. The van der Waals surface area contributed by atoms with E-state index in [0.29, 0.717) is 21.9 Å². The molecule has 0 saturated heterocycles. The molecule has 5 heteroatoms. The Hall–Kier alpha value is -0.590. The number of carbonyl (C=O) groups excluding carboxylic acids is 1. The highest BCUT2D eigenvalue weighted by Crippen LogP contribution is 2.27. The van der Waals surface area contributed by atoms with E-state index in [-0.39, 0.29) is 5.78 Å². The molecule has 0 bridgehead atoms. The Balaban J connectivity index is 2.38. The highest BCUT2D eigenvalue weighted by Gasteiger charge is 2.12. The van der Waals surface area contributed by atoms with Crippen LogP contribution in [0.25, 0.3) is 0 Å². The van der Waals surface area contributed by atoms with E-state index >= 15 is 0 Å². The Bertz CT molecular complexity index is 643. The zero-order valence-corrected chi connectivity index (χ0v) is 14.4. The second kappa shape index (κ2) is 6.24. The van der Waals surface area contributed by atoms with Crippen LogP contribution in [0.1, 0.15) is 15.9 Å². The Labute approximate surface area is 138 Å². The van der Waals surface area contributed by atoms with Gasteiger partial charge in [0.1, 0.15) is 5.75 Å². The first-order valence-electron chi connectivity index (χ1n) is 5.36. The molecule has 0 aliphatic rings. The van der Waals surface area contributed by atoms with Crippen LogP contribution in [0.3, 0.4) is 0 Å². The van der Waals surface area contributed by atoms with Crippen LogP contribution in [-0.2, 0) is 0 Å². The highest BCUT2D eigenvalue weighted by atomic mass is 127. The van der Waals surface area contributed by atoms with Crippen molar-refractivity contribution in [2.45, 2.75) is 0 Å². The van der Waals surface area contributed by atoms with Crippen LogP contribution < -0.4 is 4.74 Å². The van der Waals surface area contributed by atoms with Gasteiger partial charge in [-0.25, -0.2) is 0 Å². The molecular weight excluding hydrogens is 442 g/mol. The van der Waals surface area contributed by atoms with Crippen LogP contribution in [0.15, 0.2) is 40.9 Å². The number of benzene rings is 2. The third-order valence-electron chi connectivity index (χ3n) is 2.60. The summed E-state index contributed by atoms with van der Waals surface area (Å²) in [7, 11) is 1.58. The van der Waals surface area contributed by atoms with Crippen LogP contribution in [0.2, 0.25) is 5.02 Å². The predicted octanol–water partition coefficient (Wildman–Crippen LogP) is 4.95. The maximum Gasteiger partial charge on any atom is 0.193 e. The third kappa shape index (κ3) is 3.30. The largest absolute Gasteiger partial charge is 0.496 e. The van der Waals surface area contributed by atoms with Gasteiger partial charge in [0, 0.05) is 14.7 Å². The fourth-order valence-corrected chi connectivity index (χ4v) is 2.67. The fourth-order valence-electron chi connectivity index (χ4n) is 1.61. The minimum Gasteiger partial charge on any atom is -0.496 e. The van der Waals surface area contributed by atoms with E-state index in [0.717, 1.165) is 8.04 Å². The van der Waals surface area contributed by atoms with Gasteiger partial charge in [-0.05, 0) is 74.9 Å². The zero-order chi connectivity index (χ0) is 14.0. The van der Waals surface area contributed by atoms with E-state index in [1.807, 2.05) is 6.07 Å². The minimum atomic E-state index is -0.0679. The Kier molecular flexibility index (Phi) is 4.86. The van der Waals surface area contributed by atoms with E-state index < -0.39 is 0 Å². The van der Waals surface area contributed by atoms with Crippen molar-refractivity contribution >= 4 is 55.9 Å². The quantitative estimate of drug-likeness (QED) is 0.488. The van der Waals surface area contributed by atoms with E-state index in [9.17, 15) is 4.79 Å². The monoisotopic (exact) mass is 450 g/mol. The second-order valence-corrected chi connectivity index (χ2v) is 6.23. The summed E-state index contributed by atoms with van der Waals surface area (Å²) in [4.78, 5) is 12.3. The van der Waals surface area contributed by atoms with Crippen molar-refractivity contribution in [2.24, 2.45) is 0 Å². The molecule has 0 aliphatic heterocycles. The van der Waals surface area contributed by atoms with Crippen LogP contribution in [-0.4, -0.2) is 12.9 Å². The maximum absolute atomic E-state index is 12.3. The lowest BCUT2D eigenvalue weighted by molar-refractivity contribution is 0.103. The molecule has 0 spiro atoms. The summed E-state index contributed by atoms with van der Waals surface area (Å²) >= 11 is 11.5. The van der Waals surface area contributed by atoms with Gasteiger partial charge in [-0.15, -0.1) is 0 Å². The van der Waals surface area contributed by atoms with Crippen LogP contribution in [0.5, 0.6) is 5.75 Å². The third-order valence-corrected chi connectivity index (χ3v) is 4.79. The van der Waals surface area contributed by atoms with E-state index in [4.69, 9.17) is 16.3 Å². The van der Waals surface area contributed by atoms with Gasteiger partial charge in [0.15, 0.2) is 5.78 Å². The lowest BCUT2D eigenvalue weighted by Gasteiger charge is -2.06. The molecule has 0 unspecified atom stereocenters. The lowest BCUT2D eigenvalue weighted by Crippen LogP contribution is -2.02.